The number of amidine groups is 1. The van der Waals surface area contributed by atoms with Crippen LogP contribution in [0, 0.1) is 20.8 Å². The molecule has 0 fully saturated rings. The van der Waals surface area contributed by atoms with Crippen LogP contribution in [0.4, 0.5) is 17.1 Å². The molecule has 2 aromatic carbocycles. The zero-order valence-electron chi connectivity index (χ0n) is 13.5. The number of hydrogen-bond acceptors (Lipinski definition) is 4. The molecule has 0 aromatic heterocycles. The topological polar surface area (TPSA) is 90.4 Å². The van der Waals surface area contributed by atoms with Crippen molar-refractivity contribution in [1.82, 2.24) is 0 Å². The van der Waals surface area contributed by atoms with E-state index in [0.717, 1.165) is 33.3 Å². The van der Waals surface area contributed by atoms with Crippen LogP contribution in [0.1, 0.15) is 34.7 Å². The number of nitrogens with two attached hydrogens (primary N) is 3. The van der Waals surface area contributed by atoms with Gasteiger partial charge in [0.2, 0.25) is 0 Å². The lowest BCUT2D eigenvalue weighted by molar-refractivity contribution is 1.31. The smallest absolute Gasteiger partial charge is 0.104 e. The van der Waals surface area contributed by atoms with Crippen molar-refractivity contribution in [3.8, 4) is 0 Å². The predicted molar refractivity (Wildman–Crippen MR) is 96.7 cm³/mol. The lowest BCUT2D eigenvalue weighted by Crippen LogP contribution is -2.11. The molecule has 0 radical (unpaired) electrons. The molecule has 6 N–H and O–H groups in total. The number of nitrogen functional groups attached to an aromatic ring is 2. The highest BCUT2D eigenvalue weighted by molar-refractivity contribution is 6.14. The van der Waals surface area contributed by atoms with Crippen molar-refractivity contribution >= 4 is 39.7 Å². The molecule has 0 amide bonds. The molecule has 0 spiro atoms. The Balaban J connectivity index is 2.57. The Morgan fingerprint density at radius 1 is 0.909 bits per heavy atom. The molecule has 0 saturated carbocycles. The van der Waals surface area contributed by atoms with E-state index < -0.39 is 0 Å². The zero-order chi connectivity index (χ0) is 16.2. The van der Waals surface area contributed by atoms with Gasteiger partial charge in [0.1, 0.15) is 5.84 Å². The third-order valence-electron chi connectivity index (χ3n) is 4.72. The van der Waals surface area contributed by atoms with Crippen LogP contribution in [0.25, 0.3) is 16.8 Å². The number of aryl methyl sites for hydroxylation is 2. The van der Waals surface area contributed by atoms with Gasteiger partial charge in [0.15, 0.2) is 0 Å². The number of aliphatic imine (C=N–C) groups is 1. The average Bonchev–Trinajstić information content (AvgIpc) is 2.87. The standard InChI is InChI=1S/C18H22N4/c1-5-6-11-8(2)9(3)14-15(10(11)4)17(21)18-12(16(14)20)7-13(19)22-18/h5-6H,7,20-21H2,1-4H3,(H2,19,22)/b6-5+. The minimum atomic E-state index is 0.574. The van der Waals surface area contributed by atoms with Gasteiger partial charge in [-0.15, -0.1) is 0 Å². The molecule has 1 heterocycles. The monoisotopic (exact) mass is 294 g/mol. The van der Waals surface area contributed by atoms with Gasteiger partial charge in [-0.05, 0) is 49.9 Å². The van der Waals surface area contributed by atoms with Crippen molar-refractivity contribution in [3.05, 3.63) is 33.9 Å². The van der Waals surface area contributed by atoms with Gasteiger partial charge in [0.25, 0.3) is 0 Å². The summed E-state index contributed by atoms with van der Waals surface area (Å²) in [5.74, 6) is 0.574. The van der Waals surface area contributed by atoms with Gasteiger partial charge in [-0.3, -0.25) is 0 Å². The molecule has 4 heteroatoms. The third-order valence-corrected chi connectivity index (χ3v) is 4.72. The number of benzene rings is 2. The van der Waals surface area contributed by atoms with Crippen molar-refractivity contribution in [2.24, 2.45) is 10.7 Å². The lowest BCUT2D eigenvalue weighted by Gasteiger charge is -2.20. The predicted octanol–water partition coefficient (Wildman–Crippen LogP) is 3.51. The molecule has 0 unspecified atom stereocenters. The van der Waals surface area contributed by atoms with Crippen molar-refractivity contribution in [1.29, 1.82) is 0 Å². The second kappa shape index (κ2) is 4.77. The molecular weight excluding hydrogens is 272 g/mol. The minimum Gasteiger partial charge on any atom is -0.398 e. The Labute approximate surface area is 130 Å². The first kappa shape index (κ1) is 14.4. The molecule has 22 heavy (non-hydrogen) atoms. The minimum absolute atomic E-state index is 0.574. The van der Waals surface area contributed by atoms with Gasteiger partial charge in [0.05, 0.1) is 11.4 Å². The summed E-state index contributed by atoms with van der Waals surface area (Å²) in [4.78, 5) is 4.40. The number of allylic oxidation sites excluding steroid dienone is 1. The van der Waals surface area contributed by atoms with Crippen molar-refractivity contribution in [2.45, 2.75) is 34.1 Å². The molecule has 114 valence electrons. The number of rotatable bonds is 1. The molecule has 1 aliphatic rings. The zero-order valence-corrected chi connectivity index (χ0v) is 13.5. The molecular formula is C18H22N4. The summed E-state index contributed by atoms with van der Waals surface area (Å²) in [7, 11) is 0. The maximum atomic E-state index is 6.46. The second-order valence-electron chi connectivity index (χ2n) is 5.97. The van der Waals surface area contributed by atoms with E-state index >= 15 is 0 Å². The largest absolute Gasteiger partial charge is 0.398 e. The van der Waals surface area contributed by atoms with Crippen LogP contribution in [-0.4, -0.2) is 5.84 Å². The SMILES string of the molecule is C/C=C/c1c(C)c(C)c2c(N)c3c(c(N)c2c1C)N=C(N)C3. The van der Waals surface area contributed by atoms with E-state index in [9.17, 15) is 0 Å². The normalized spacial score (nSPS) is 13.9. The van der Waals surface area contributed by atoms with Gasteiger partial charge in [-0.25, -0.2) is 4.99 Å². The van der Waals surface area contributed by atoms with E-state index in [1.165, 1.54) is 16.7 Å². The number of nitrogens with zero attached hydrogens (tertiary/aromatic N) is 1. The van der Waals surface area contributed by atoms with Crippen molar-refractivity contribution in [2.75, 3.05) is 11.5 Å². The highest BCUT2D eigenvalue weighted by Gasteiger charge is 2.25. The van der Waals surface area contributed by atoms with E-state index in [1.54, 1.807) is 0 Å². The second-order valence-corrected chi connectivity index (χ2v) is 5.97. The number of fused-ring (bicyclic) bond motifs is 2. The van der Waals surface area contributed by atoms with Crippen LogP contribution >= 0.6 is 0 Å². The van der Waals surface area contributed by atoms with Crippen LogP contribution in [0.2, 0.25) is 0 Å². The number of hydrogen-bond donors (Lipinski definition) is 3. The fourth-order valence-electron chi connectivity index (χ4n) is 3.50. The summed E-state index contributed by atoms with van der Waals surface area (Å²) in [5, 5.41) is 2.05. The highest BCUT2D eigenvalue weighted by Crippen LogP contribution is 2.46. The van der Waals surface area contributed by atoms with E-state index in [1.807, 2.05) is 13.0 Å². The van der Waals surface area contributed by atoms with E-state index in [2.05, 4.69) is 31.8 Å². The molecule has 2 aromatic rings. The molecule has 0 saturated heterocycles. The molecule has 0 aliphatic carbocycles. The van der Waals surface area contributed by atoms with Gasteiger partial charge < -0.3 is 17.2 Å². The van der Waals surface area contributed by atoms with Crippen LogP contribution in [-0.2, 0) is 6.42 Å². The van der Waals surface area contributed by atoms with Crippen molar-refractivity contribution < 1.29 is 0 Å². The summed E-state index contributed by atoms with van der Waals surface area (Å²) < 4.78 is 0. The fraction of sp³-hybridized carbons (Fsp3) is 0.278. The first-order valence-electron chi connectivity index (χ1n) is 7.47. The molecule has 0 atom stereocenters. The van der Waals surface area contributed by atoms with Crippen molar-refractivity contribution in [3.63, 3.8) is 0 Å². The lowest BCUT2D eigenvalue weighted by atomic mass is 9.87. The highest BCUT2D eigenvalue weighted by atomic mass is 14.9. The van der Waals surface area contributed by atoms with Gasteiger partial charge in [-0.1, -0.05) is 12.2 Å². The van der Waals surface area contributed by atoms with Crippen LogP contribution in [0.15, 0.2) is 11.1 Å². The summed E-state index contributed by atoms with van der Waals surface area (Å²) >= 11 is 0. The fourth-order valence-corrected chi connectivity index (χ4v) is 3.50. The Bertz CT molecular complexity index is 857. The quantitative estimate of drug-likeness (QED) is 0.555. The maximum Gasteiger partial charge on any atom is 0.104 e. The molecule has 3 rings (SSSR count). The first-order valence-corrected chi connectivity index (χ1v) is 7.47. The average molecular weight is 294 g/mol. The third kappa shape index (κ3) is 1.73. The van der Waals surface area contributed by atoms with Crippen LogP contribution < -0.4 is 17.2 Å². The summed E-state index contributed by atoms with van der Waals surface area (Å²) in [5.41, 5.74) is 26.7. The summed E-state index contributed by atoms with van der Waals surface area (Å²) in [6, 6.07) is 0. The van der Waals surface area contributed by atoms with Crippen LogP contribution in [0.3, 0.4) is 0 Å². The first-order chi connectivity index (χ1) is 10.4. The van der Waals surface area contributed by atoms with Gasteiger partial charge in [-0.2, -0.15) is 0 Å². The van der Waals surface area contributed by atoms with Gasteiger partial charge >= 0.3 is 0 Å². The summed E-state index contributed by atoms with van der Waals surface area (Å²) in [6.45, 7) is 8.34. The molecule has 0 bridgehead atoms. The van der Waals surface area contributed by atoms with Gasteiger partial charge in [0, 0.05) is 28.4 Å². The Morgan fingerprint density at radius 3 is 2.18 bits per heavy atom. The van der Waals surface area contributed by atoms with E-state index in [4.69, 9.17) is 17.2 Å². The number of anilines is 2. The molecule has 4 nitrogen and oxygen atoms in total. The molecule has 1 aliphatic heterocycles. The maximum absolute atomic E-state index is 6.46. The Kier molecular flexibility index (Phi) is 3.13. The van der Waals surface area contributed by atoms with Crippen LogP contribution in [0.5, 0.6) is 0 Å². The Hall–Kier alpha value is -2.49. The summed E-state index contributed by atoms with van der Waals surface area (Å²) in [6.07, 6.45) is 4.75. The van der Waals surface area contributed by atoms with E-state index in [-0.39, 0.29) is 0 Å². The van der Waals surface area contributed by atoms with E-state index in [0.29, 0.717) is 17.9 Å². The Morgan fingerprint density at radius 2 is 1.55 bits per heavy atom.